The van der Waals surface area contributed by atoms with Crippen LogP contribution in [0.4, 0.5) is 8.78 Å². The van der Waals surface area contributed by atoms with Gasteiger partial charge in [-0.25, -0.2) is 14.2 Å². The van der Waals surface area contributed by atoms with Crippen LogP contribution in [0.25, 0.3) is 33.1 Å². The molecule has 0 amide bonds. The highest BCUT2D eigenvalue weighted by Crippen LogP contribution is 2.45. The lowest BCUT2D eigenvalue weighted by Gasteiger charge is -2.20. The summed E-state index contributed by atoms with van der Waals surface area (Å²) >= 11 is 0. The summed E-state index contributed by atoms with van der Waals surface area (Å²) in [6.45, 7) is 0.589. The second-order valence-corrected chi connectivity index (χ2v) is 7.29. The third-order valence-electron chi connectivity index (χ3n) is 5.73. The number of imidazole rings is 1. The molecule has 1 fully saturated rings. The van der Waals surface area contributed by atoms with E-state index in [1.807, 2.05) is 0 Å². The Hall–Kier alpha value is -3.33. The smallest absolute Gasteiger partial charge is 0.329 e. The molecule has 2 atom stereocenters. The number of hydrogen-bond acceptors (Lipinski definition) is 5. The van der Waals surface area contributed by atoms with Crippen LogP contribution in [0.15, 0.2) is 35.4 Å². The van der Waals surface area contributed by atoms with Gasteiger partial charge >= 0.3 is 5.69 Å². The van der Waals surface area contributed by atoms with E-state index < -0.39 is 17.9 Å². The van der Waals surface area contributed by atoms with E-state index in [2.05, 4.69) is 9.97 Å². The van der Waals surface area contributed by atoms with Gasteiger partial charge in [-0.3, -0.25) is 14.1 Å². The lowest BCUT2D eigenvalue weighted by atomic mass is 10.0. The van der Waals surface area contributed by atoms with Crippen LogP contribution in [0.5, 0.6) is 5.75 Å². The number of benzene rings is 1. The number of aromatic nitrogens is 4. The van der Waals surface area contributed by atoms with Crippen molar-refractivity contribution in [1.29, 1.82) is 0 Å². The second kappa shape index (κ2) is 5.60. The molecule has 0 saturated carbocycles. The topological polar surface area (TPSA) is 71.2 Å². The summed E-state index contributed by atoms with van der Waals surface area (Å²) in [5.74, 6) is -0.953. The zero-order valence-electron chi connectivity index (χ0n) is 15.2. The van der Waals surface area contributed by atoms with Crippen molar-refractivity contribution in [2.24, 2.45) is 7.05 Å². The van der Waals surface area contributed by atoms with Crippen LogP contribution in [-0.4, -0.2) is 38.4 Å². The predicted octanol–water partition coefficient (Wildman–Crippen LogP) is 2.56. The molecule has 4 aromatic rings. The highest BCUT2D eigenvalue weighted by atomic mass is 19.1. The fourth-order valence-corrected chi connectivity index (χ4v) is 4.36. The van der Waals surface area contributed by atoms with E-state index in [1.54, 1.807) is 17.8 Å². The first kappa shape index (κ1) is 16.6. The molecular weight excluding hydrogens is 382 g/mol. The Bertz CT molecular complexity index is 1380. The van der Waals surface area contributed by atoms with Gasteiger partial charge in [0.05, 0.1) is 46.9 Å². The number of pyridine rings is 2. The van der Waals surface area contributed by atoms with Gasteiger partial charge in [-0.15, -0.1) is 0 Å². The van der Waals surface area contributed by atoms with Crippen molar-refractivity contribution in [2.75, 3.05) is 13.2 Å². The number of fused-ring (bicyclic) bond motifs is 2. The number of nitrogens with zero attached hydrogens (tertiary/aromatic N) is 4. The van der Waals surface area contributed by atoms with Crippen molar-refractivity contribution in [3.8, 4) is 16.9 Å². The normalized spacial score (nSPS) is 20.2. The van der Waals surface area contributed by atoms with Crippen LogP contribution in [0.3, 0.4) is 0 Å². The maximum Gasteiger partial charge on any atom is 0.329 e. The van der Waals surface area contributed by atoms with Crippen molar-refractivity contribution >= 4 is 21.9 Å². The SMILES string of the molecule is Cn1c(=O)n2c3c4c(c(-c5ccc(F)nc5)c(F)cc4ncc31)O[C@@H]1COC[C@H]12. The van der Waals surface area contributed by atoms with E-state index in [0.29, 0.717) is 34.1 Å². The Labute approximate surface area is 162 Å². The van der Waals surface area contributed by atoms with Crippen LogP contribution < -0.4 is 10.4 Å². The Morgan fingerprint density at radius 3 is 2.83 bits per heavy atom. The standard InChI is InChI=1S/C20H14F2N4O3/c1-25-12-6-23-11-4-10(21)16(9-2-3-15(22)24-5-9)19-17(11)18(12)26(20(25)27)13-7-28-8-14(13)29-19/h2-6,13-14H,7-8H2,1H3/t13-,14-/m1/s1. The van der Waals surface area contributed by atoms with Crippen molar-refractivity contribution < 1.29 is 18.3 Å². The maximum absolute atomic E-state index is 15.2. The molecule has 6 rings (SSSR count). The molecule has 29 heavy (non-hydrogen) atoms. The Kier molecular flexibility index (Phi) is 3.21. The number of aryl methyl sites for hydroxylation is 1. The van der Waals surface area contributed by atoms with Crippen LogP contribution in [0.1, 0.15) is 6.04 Å². The van der Waals surface area contributed by atoms with E-state index in [-0.39, 0.29) is 29.7 Å². The van der Waals surface area contributed by atoms with Crippen molar-refractivity contribution in [2.45, 2.75) is 12.1 Å². The summed E-state index contributed by atoms with van der Waals surface area (Å²) in [7, 11) is 1.68. The maximum atomic E-state index is 15.2. The fraction of sp³-hybridized carbons (Fsp3) is 0.250. The van der Waals surface area contributed by atoms with Gasteiger partial charge in [-0.2, -0.15) is 4.39 Å². The number of halogens is 2. The van der Waals surface area contributed by atoms with Gasteiger partial charge in [0.1, 0.15) is 23.7 Å². The average Bonchev–Trinajstić information content (AvgIpc) is 3.21. The molecule has 3 aromatic heterocycles. The minimum Gasteiger partial charge on any atom is -0.484 e. The summed E-state index contributed by atoms with van der Waals surface area (Å²) < 4.78 is 43.6. The molecule has 146 valence electrons. The first-order chi connectivity index (χ1) is 14.0. The highest BCUT2D eigenvalue weighted by molar-refractivity contribution is 6.09. The first-order valence-electron chi connectivity index (χ1n) is 9.13. The molecule has 0 unspecified atom stereocenters. The summed E-state index contributed by atoms with van der Waals surface area (Å²) in [4.78, 5) is 21.0. The van der Waals surface area contributed by atoms with Crippen molar-refractivity contribution in [3.05, 3.63) is 52.8 Å². The molecule has 0 spiro atoms. The zero-order valence-corrected chi connectivity index (χ0v) is 15.2. The third kappa shape index (κ3) is 2.10. The minimum atomic E-state index is -0.660. The molecule has 1 saturated heterocycles. The van der Waals surface area contributed by atoms with E-state index >= 15 is 4.39 Å². The molecule has 0 bridgehead atoms. The molecule has 0 aliphatic carbocycles. The van der Waals surface area contributed by atoms with Gasteiger partial charge in [0.2, 0.25) is 5.95 Å². The van der Waals surface area contributed by atoms with E-state index in [1.165, 1.54) is 29.0 Å². The Balaban J connectivity index is 1.82. The summed E-state index contributed by atoms with van der Waals surface area (Å²) in [6.07, 6.45) is 2.36. The summed E-state index contributed by atoms with van der Waals surface area (Å²) in [6, 6.07) is 3.58. The summed E-state index contributed by atoms with van der Waals surface area (Å²) in [5.41, 5.74) is 1.96. The highest BCUT2D eigenvalue weighted by Gasteiger charge is 2.39. The quantitative estimate of drug-likeness (QED) is 0.463. The van der Waals surface area contributed by atoms with Crippen LogP contribution in [-0.2, 0) is 11.8 Å². The van der Waals surface area contributed by atoms with Crippen molar-refractivity contribution in [1.82, 2.24) is 19.1 Å². The number of hydrogen-bond donors (Lipinski definition) is 0. The molecule has 9 heteroatoms. The molecule has 0 N–H and O–H groups in total. The van der Waals surface area contributed by atoms with Crippen LogP contribution >= 0.6 is 0 Å². The van der Waals surface area contributed by atoms with E-state index in [4.69, 9.17) is 9.47 Å². The largest absolute Gasteiger partial charge is 0.484 e. The van der Waals surface area contributed by atoms with Crippen LogP contribution in [0.2, 0.25) is 0 Å². The van der Waals surface area contributed by atoms with Crippen molar-refractivity contribution in [3.63, 3.8) is 0 Å². The average molecular weight is 396 g/mol. The van der Waals surface area contributed by atoms with Gasteiger partial charge in [-0.1, -0.05) is 0 Å². The molecule has 2 aliphatic heterocycles. The van der Waals surface area contributed by atoms with Gasteiger partial charge in [0.15, 0.2) is 0 Å². The molecular formula is C20H14F2N4O3. The zero-order chi connectivity index (χ0) is 19.9. The second-order valence-electron chi connectivity index (χ2n) is 7.29. The summed E-state index contributed by atoms with van der Waals surface area (Å²) in [5, 5.41) is 0.551. The first-order valence-corrected chi connectivity index (χ1v) is 9.13. The molecule has 7 nitrogen and oxygen atoms in total. The third-order valence-corrected chi connectivity index (χ3v) is 5.73. The molecule has 1 aromatic carbocycles. The monoisotopic (exact) mass is 396 g/mol. The number of rotatable bonds is 1. The molecule has 0 radical (unpaired) electrons. The minimum absolute atomic E-state index is 0.162. The lowest BCUT2D eigenvalue weighted by Crippen LogP contribution is -2.34. The van der Waals surface area contributed by atoms with Gasteiger partial charge in [0.25, 0.3) is 0 Å². The Morgan fingerprint density at radius 1 is 1.17 bits per heavy atom. The van der Waals surface area contributed by atoms with Gasteiger partial charge in [0, 0.05) is 24.9 Å². The Morgan fingerprint density at radius 2 is 2.03 bits per heavy atom. The van der Waals surface area contributed by atoms with Crippen LogP contribution in [0, 0.1) is 11.8 Å². The lowest BCUT2D eigenvalue weighted by molar-refractivity contribution is 0.140. The van der Waals surface area contributed by atoms with Gasteiger partial charge < -0.3 is 9.47 Å². The van der Waals surface area contributed by atoms with E-state index in [0.717, 1.165) is 0 Å². The number of ether oxygens (including phenoxy) is 2. The molecule has 2 aliphatic rings. The predicted molar refractivity (Wildman–Crippen MR) is 99.9 cm³/mol. The van der Waals surface area contributed by atoms with E-state index in [9.17, 15) is 9.18 Å². The van der Waals surface area contributed by atoms with Gasteiger partial charge in [-0.05, 0) is 12.1 Å². The molecule has 5 heterocycles. The fourth-order valence-electron chi connectivity index (χ4n) is 4.36.